The van der Waals surface area contributed by atoms with Gasteiger partial charge in [-0.2, -0.15) is 0 Å². The van der Waals surface area contributed by atoms with Gasteiger partial charge in [0, 0.05) is 45.4 Å². The minimum Gasteiger partial charge on any atom is -0.370 e. The van der Waals surface area contributed by atoms with Crippen molar-refractivity contribution in [3.8, 4) is 22.6 Å². The monoisotopic (exact) mass is 512 g/mol. The molecule has 4 nitrogen and oxygen atoms in total. The van der Waals surface area contributed by atoms with Crippen molar-refractivity contribution in [1.82, 2.24) is 19.5 Å². The summed E-state index contributed by atoms with van der Waals surface area (Å²) in [7, 11) is 0. The second kappa shape index (κ2) is 7.59. The third kappa shape index (κ3) is 4.23. The standard InChI is InChI=1S/C20H23N4.Ir/c1-14-7-6-8-15(2)17(14)18-16(11-21-13-23-18)19-22-9-10-24(19)12-20(3,4)5;/h6-10,13H,12H2,1-5H3;/q-1;. The van der Waals surface area contributed by atoms with Crippen molar-refractivity contribution in [2.75, 3.05) is 0 Å². The van der Waals surface area contributed by atoms with Gasteiger partial charge in [-0.05, 0) is 36.7 Å². The summed E-state index contributed by atoms with van der Waals surface area (Å²) in [5, 5.41) is 0. The van der Waals surface area contributed by atoms with E-state index in [0.29, 0.717) is 0 Å². The maximum absolute atomic E-state index is 4.57. The molecule has 0 fully saturated rings. The van der Waals surface area contributed by atoms with E-state index in [1.54, 1.807) is 6.33 Å². The molecule has 0 spiro atoms. The minimum atomic E-state index is 0. The van der Waals surface area contributed by atoms with Crippen LogP contribution in [0.3, 0.4) is 0 Å². The molecule has 2 aromatic heterocycles. The number of aryl methyl sites for hydroxylation is 2. The Labute approximate surface area is 163 Å². The number of hydrogen-bond acceptors (Lipinski definition) is 3. The molecule has 0 aliphatic heterocycles. The summed E-state index contributed by atoms with van der Waals surface area (Å²) in [5.74, 6) is 0.864. The van der Waals surface area contributed by atoms with Crippen molar-refractivity contribution in [3.63, 3.8) is 0 Å². The molecular formula is C20H23IrN4-. The van der Waals surface area contributed by atoms with Crippen LogP contribution in [0.2, 0.25) is 0 Å². The second-order valence-electron chi connectivity index (χ2n) is 7.42. The van der Waals surface area contributed by atoms with E-state index in [2.05, 4.69) is 78.5 Å². The van der Waals surface area contributed by atoms with Gasteiger partial charge in [-0.3, -0.25) is 4.98 Å². The third-order valence-corrected chi connectivity index (χ3v) is 3.96. The van der Waals surface area contributed by atoms with Crippen molar-refractivity contribution in [2.24, 2.45) is 5.41 Å². The number of rotatable bonds is 3. The zero-order valence-corrected chi connectivity index (χ0v) is 17.7. The smallest absolute Gasteiger partial charge is 0.0594 e. The molecule has 1 radical (unpaired) electrons. The Morgan fingerprint density at radius 2 is 1.76 bits per heavy atom. The summed E-state index contributed by atoms with van der Waals surface area (Å²) in [6, 6.07) is 6.28. The molecule has 3 rings (SSSR count). The predicted molar refractivity (Wildman–Crippen MR) is 96.5 cm³/mol. The Hall–Kier alpha value is -1.84. The van der Waals surface area contributed by atoms with Crippen LogP contribution >= 0.6 is 0 Å². The van der Waals surface area contributed by atoms with E-state index in [0.717, 1.165) is 29.2 Å². The number of aromatic nitrogens is 4. The van der Waals surface area contributed by atoms with Gasteiger partial charge in [-0.15, -0.1) is 0 Å². The second-order valence-corrected chi connectivity index (χ2v) is 7.42. The Balaban J connectivity index is 0.00000225. The zero-order valence-electron chi connectivity index (χ0n) is 15.3. The van der Waals surface area contributed by atoms with Crippen LogP contribution in [-0.4, -0.2) is 19.5 Å². The molecule has 25 heavy (non-hydrogen) atoms. The van der Waals surface area contributed by atoms with Crippen LogP contribution in [0.15, 0.2) is 36.9 Å². The molecule has 3 aromatic rings. The number of benzene rings is 1. The van der Waals surface area contributed by atoms with Gasteiger partial charge in [0.05, 0.1) is 5.82 Å². The van der Waals surface area contributed by atoms with Crippen molar-refractivity contribution in [1.29, 1.82) is 0 Å². The molecule has 0 atom stereocenters. The van der Waals surface area contributed by atoms with Crippen LogP contribution in [0, 0.1) is 25.5 Å². The quantitative estimate of drug-likeness (QED) is 0.488. The zero-order chi connectivity index (χ0) is 17.3. The normalized spacial score (nSPS) is 11.2. The Morgan fingerprint density at radius 1 is 1.08 bits per heavy atom. The molecule has 1 aromatic carbocycles. The van der Waals surface area contributed by atoms with Crippen LogP contribution in [0.5, 0.6) is 0 Å². The van der Waals surface area contributed by atoms with Gasteiger partial charge < -0.3 is 14.5 Å². The molecule has 0 aliphatic carbocycles. The van der Waals surface area contributed by atoms with Crippen LogP contribution in [0.4, 0.5) is 0 Å². The van der Waals surface area contributed by atoms with Crippen LogP contribution in [-0.2, 0) is 26.7 Å². The summed E-state index contributed by atoms with van der Waals surface area (Å²) >= 11 is 0. The minimum absolute atomic E-state index is 0. The molecule has 0 amide bonds. The molecule has 0 N–H and O–H groups in total. The van der Waals surface area contributed by atoms with E-state index < -0.39 is 0 Å². The van der Waals surface area contributed by atoms with E-state index in [1.165, 1.54) is 11.1 Å². The third-order valence-electron chi connectivity index (χ3n) is 3.96. The predicted octanol–water partition coefficient (Wildman–Crippen LogP) is 4.47. The molecule has 2 heterocycles. The number of nitrogens with zero attached hydrogens (tertiary/aromatic N) is 4. The first-order valence-corrected chi connectivity index (χ1v) is 8.17. The first kappa shape index (κ1) is 19.5. The topological polar surface area (TPSA) is 43.6 Å². The van der Waals surface area contributed by atoms with Gasteiger partial charge in [0.1, 0.15) is 0 Å². The molecule has 0 unspecified atom stereocenters. The van der Waals surface area contributed by atoms with Gasteiger partial charge in [0.15, 0.2) is 0 Å². The fraction of sp³-hybridized carbons (Fsp3) is 0.350. The maximum atomic E-state index is 4.57. The summed E-state index contributed by atoms with van der Waals surface area (Å²) in [6.07, 6.45) is 8.52. The average Bonchev–Trinajstić information content (AvgIpc) is 2.93. The average molecular weight is 512 g/mol. The molecule has 133 valence electrons. The molecule has 0 bridgehead atoms. The molecule has 5 heteroatoms. The van der Waals surface area contributed by atoms with E-state index in [4.69, 9.17) is 0 Å². The Bertz CT molecular complexity index is 842. The van der Waals surface area contributed by atoms with Crippen molar-refractivity contribution >= 4 is 0 Å². The van der Waals surface area contributed by atoms with E-state index in [-0.39, 0.29) is 25.5 Å². The van der Waals surface area contributed by atoms with Crippen molar-refractivity contribution in [2.45, 2.75) is 41.2 Å². The Morgan fingerprint density at radius 3 is 2.40 bits per heavy atom. The molecule has 0 aliphatic rings. The molecule has 0 saturated heterocycles. The van der Waals surface area contributed by atoms with Gasteiger partial charge in [0.25, 0.3) is 0 Å². The largest absolute Gasteiger partial charge is 0.370 e. The van der Waals surface area contributed by atoms with Crippen LogP contribution in [0.1, 0.15) is 31.9 Å². The van der Waals surface area contributed by atoms with Gasteiger partial charge >= 0.3 is 0 Å². The van der Waals surface area contributed by atoms with E-state index in [1.807, 2.05) is 12.4 Å². The van der Waals surface area contributed by atoms with E-state index in [9.17, 15) is 0 Å². The van der Waals surface area contributed by atoms with Gasteiger partial charge in [0.2, 0.25) is 0 Å². The fourth-order valence-electron chi connectivity index (χ4n) is 3.01. The van der Waals surface area contributed by atoms with Gasteiger partial charge in [-0.25, -0.2) is 0 Å². The van der Waals surface area contributed by atoms with E-state index >= 15 is 0 Å². The number of hydrogen-bond donors (Lipinski definition) is 0. The van der Waals surface area contributed by atoms with Crippen molar-refractivity contribution < 1.29 is 20.1 Å². The summed E-state index contributed by atoms with van der Waals surface area (Å²) < 4.78 is 2.16. The van der Waals surface area contributed by atoms with Crippen molar-refractivity contribution in [3.05, 3.63) is 54.2 Å². The maximum Gasteiger partial charge on any atom is 0.0594 e. The summed E-state index contributed by atoms with van der Waals surface area (Å²) in [5.41, 5.74) is 5.42. The summed E-state index contributed by atoms with van der Waals surface area (Å²) in [4.78, 5) is 13.3. The SMILES string of the molecule is Cc1cccc(C)c1-c1ncn[c-]c1-c1nccn1CC(C)(C)C.[Ir]. The van der Waals surface area contributed by atoms with Crippen LogP contribution < -0.4 is 0 Å². The Kier molecular flexibility index (Phi) is 5.91. The molecule has 0 saturated carbocycles. The molecular weight excluding hydrogens is 488 g/mol. The summed E-state index contributed by atoms with van der Waals surface area (Å²) in [6.45, 7) is 11.7. The van der Waals surface area contributed by atoms with Crippen LogP contribution in [0.25, 0.3) is 22.6 Å². The van der Waals surface area contributed by atoms with Gasteiger partial charge in [-0.1, -0.05) is 55.7 Å². The number of imidazole rings is 1. The fourth-order valence-corrected chi connectivity index (χ4v) is 3.01. The first-order valence-electron chi connectivity index (χ1n) is 8.17. The first-order chi connectivity index (χ1) is 11.4.